The highest BCUT2D eigenvalue weighted by Crippen LogP contribution is 2.43. The number of aryl methyl sites for hydroxylation is 1. The van der Waals surface area contributed by atoms with Gasteiger partial charge in [0.05, 0.1) is 36.1 Å². The molecule has 0 aliphatic carbocycles. The molecular weight excluding hydrogens is 437 g/mol. The highest BCUT2D eigenvalue weighted by atomic mass is 32.2. The highest BCUT2D eigenvalue weighted by molar-refractivity contribution is 8.00. The van der Waals surface area contributed by atoms with Crippen molar-refractivity contribution in [1.82, 2.24) is 14.5 Å². The van der Waals surface area contributed by atoms with Crippen LogP contribution in [-0.4, -0.2) is 38.8 Å². The van der Waals surface area contributed by atoms with E-state index < -0.39 is 0 Å². The van der Waals surface area contributed by atoms with Crippen molar-refractivity contribution in [3.8, 4) is 11.4 Å². The van der Waals surface area contributed by atoms with E-state index in [2.05, 4.69) is 9.88 Å². The Bertz CT molecular complexity index is 1150. The second-order valence-corrected chi connectivity index (χ2v) is 10.1. The number of methoxy groups -OCH3 is 1. The number of rotatable bonds is 5. The zero-order chi connectivity index (χ0) is 22.9. The molecule has 172 valence electrons. The van der Waals surface area contributed by atoms with E-state index in [0.717, 1.165) is 59.7 Å². The third kappa shape index (κ3) is 4.38. The summed E-state index contributed by atoms with van der Waals surface area (Å²) in [5, 5.41) is -0.131. The molecule has 3 unspecified atom stereocenters. The quantitative estimate of drug-likeness (QED) is 0.485. The number of ether oxygens (including phenoxy) is 1. The number of imidazole rings is 1. The van der Waals surface area contributed by atoms with Crippen LogP contribution in [0, 0.1) is 12.7 Å². The van der Waals surface area contributed by atoms with E-state index in [-0.39, 0.29) is 29.1 Å². The van der Waals surface area contributed by atoms with Crippen LogP contribution in [0.25, 0.3) is 5.69 Å². The first kappa shape index (κ1) is 22.0. The van der Waals surface area contributed by atoms with Crippen molar-refractivity contribution in [3.63, 3.8) is 0 Å². The molecule has 2 saturated heterocycles. The molecule has 2 aliphatic heterocycles. The molecule has 2 fully saturated rings. The van der Waals surface area contributed by atoms with E-state index in [0.29, 0.717) is 0 Å². The molecule has 5 rings (SSSR count). The minimum Gasteiger partial charge on any atom is -0.495 e. The largest absolute Gasteiger partial charge is 0.495 e. The SMILES string of the molecule is COc1cc(SC2CCC3CCCC(c4ccc(F)cc4)N3C2=O)ccc1-n1cnc(C)c1. The molecule has 1 aromatic heterocycles. The number of carbonyl (C=O) groups is 1. The van der Waals surface area contributed by atoms with Crippen molar-refractivity contribution >= 4 is 17.7 Å². The molecule has 3 atom stereocenters. The second kappa shape index (κ2) is 9.21. The van der Waals surface area contributed by atoms with Gasteiger partial charge in [0.2, 0.25) is 5.91 Å². The molecule has 7 heteroatoms. The van der Waals surface area contributed by atoms with Crippen LogP contribution in [0.1, 0.15) is 49.4 Å². The number of hydrogen-bond donors (Lipinski definition) is 0. The first-order valence-corrected chi connectivity index (χ1v) is 12.3. The summed E-state index contributed by atoms with van der Waals surface area (Å²) >= 11 is 1.61. The van der Waals surface area contributed by atoms with E-state index in [1.807, 2.05) is 48.0 Å². The number of carbonyl (C=O) groups excluding carboxylic acids is 1. The predicted octanol–water partition coefficient (Wildman–Crippen LogP) is 5.71. The summed E-state index contributed by atoms with van der Waals surface area (Å²) in [6, 6.07) is 13.0. The lowest BCUT2D eigenvalue weighted by Gasteiger charge is -2.47. The molecule has 33 heavy (non-hydrogen) atoms. The summed E-state index contributed by atoms with van der Waals surface area (Å²) in [6.45, 7) is 1.95. The maximum absolute atomic E-state index is 13.6. The summed E-state index contributed by atoms with van der Waals surface area (Å²) < 4.78 is 21.1. The zero-order valence-corrected chi connectivity index (χ0v) is 19.7. The fourth-order valence-corrected chi connectivity index (χ4v) is 6.24. The molecule has 5 nitrogen and oxygen atoms in total. The minimum atomic E-state index is -0.243. The first-order chi connectivity index (χ1) is 16.0. The van der Waals surface area contributed by atoms with Crippen molar-refractivity contribution < 1.29 is 13.9 Å². The van der Waals surface area contributed by atoms with Gasteiger partial charge in [-0.25, -0.2) is 9.37 Å². The molecule has 3 aromatic rings. The molecule has 1 amide bonds. The van der Waals surface area contributed by atoms with E-state index in [1.165, 1.54) is 12.1 Å². The molecule has 2 aliphatic rings. The number of fused-ring (bicyclic) bond motifs is 1. The van der Waals surface area contributed by atoms with Crippen LogP contribution in [0.15, 0.2) is 59.9 Å². The van der Waals surface area contributed by atoms with Gasteiger partial charge in [0.25, 0.3) is 0 Å². The van der Waals surface area contributed by atoms with Crippen LogP contribution in [0.5, 0.6) is 5.75 Å². The first-order valence-electron chi connectivity index (χ1n) is 11.5. The standard InChI is InChI=1S/C26H28FN3O2S/c1-17-15-29(16-28-17)23-12-11-21(14-24(23)32-2)33-25-13-10-20-4-3-5-22(30(20)26(25)31)18-6-8-19(27)9-7-18/h6-9,11-12,14-16,20,22,25H,3-5,10,13H2,1-2H3. The van der Waals surface area contributed by atoms with Crippen LogP contribution in [0.3, 0.4) is 0 Å². The second-order valence-electron chi connectivity index (χ2n) is 8.84. The summed E-state index contributed by atoms with van der Waals surface area (Å²) in [5.74, 6) is 0.701. The van der Waals surface area contributed by atoms with Crippen LogP contribution in [0.2, 0.25) is 0 Å². The Labute approximate surface area is 198 Å². The van der Waals surface area contributed by atoms with Crippen LogP contribution < -0.4 is 4.74 Å². The Morgan fingerprint density at radius 2 is 1.91 bits per heavy atom. The summed E-state index contributed by atoms with van der Waals surface area (Å²) in [4.78, 5) is 21.1. The molecule has 0 N–H and O–H groups in total. The average Bonchev–Trinajstić information content (AvgIpc) is 3.27. The fraction of sp³-hybridized carbons (Fsp3) is 0.385. The van der Waals surface area contributed by atoms with Gasteiger partial charge in [-0.15, -0.1) is 11.8 Å². The number of halogens is 1. The number of hydrogen-bond acceptors (Lipinski definition) is 4. The van der Waals surface area contributed by atoms with Crippen molar-refractivity contribution in [2.24, 2.45) is 0 Å². The predicted molar refractivity (Wildman–Crippen MR) is 127 cm³/mol. The summed E-state index contributed by atoms with van der Waals surface area (Å²) in [6.07, 6.45) is 8.68. The zero-order valence-electron chi connectivity index (χ0n) is 18.9. The van der Waals surface area contributed by atoms with Crippen LogP contribution >= 0.6 is 11.8 Å². The number of nitrogens with zero attached hydrogens (tertiary/aromatic N) is 3. The minimum absolute atomic E-state index is 0.0293. The van der Waals surface area contributed by atoms with Gasteiger partial charge in [-0.2, -0.15) is 0 Å². The van der Waals surface area contributed by atoms with Gasteiger partial charge in [-0.3, -0.25) is 4.79 Å². The Hall–Kier alpha value is -2.80. The van der Waals surface area contributed by atoms with Gasteiger partial charge in [-0.05, 0) is 74.9 Å². The van der Waals surface area contributed by atoms with Crippen molar-refractivity contribution in [3.05, 3.63) is 72.1 Å². The molecule has 0 saturated carbocycles. The topological polar surface area (TPSA) is 47.4 Å². The normalized spacial score (nSPS) is 22.8. The van der Waals surface area contributed by atoms with E-state index >= 15 is 0 Å². The van der Waals surface area contributed by atoms with E-state index in [4.69, 9.17) is 4.74 Å². The molecule has 0 radical (unpaired) electrons. The Balaban J connectivity index is 1.37. The Kier molecular flexibility index (Phi) is 6.15. The van der Waals surface area contributed by atoms with Crippen LogP contribution in [0.4, 0.5) is 4.39 Å². The summed E-state index contributed by atoms with van der Waals surface area (Å²) in [5.41, 5.74) is 2.89. The van der Waals surface area contributed by atoms with E-state index in [9.17, 15) is 9.18 Å². The Morgan fingerprint density at radius 1 is 1.09 bits per heavy atom. The number of benzene rings is 2. The number of thioether (sulfide) groups is 1. The number of amides is 1. The average molecular weight is 466 g/mol. The lowest BCUT2D eigenvalue weighted by Crippen LogP contribution is -2.52. The molecule has 0 bridgehead atoms. The molecule has 2 aromatic carbocycles. The number of piperidine rings is 2. The monoisotopic (exact) mass is 465 g/mol. The fourth-order valence-electron chi connectivity index (χ4n) is 5.11. The third-order valence-corrected chi connectivity index (χ3v) is 7.96. The van der Waals surface area contributed by atoms with Gasteiger partial charge in [0.1, 0.15) is 11.6 Å². The summed E-state index contributed by atoms with van der Waals surface area (Å²) in [7, 11) is 1.66. The van der Waals surface area contributed by atoms with E-state index in [1.54, 1.807) is 25.2 Å². The van der Waals surface area contributed by atoms with Gasteiger partial charge < -0.3 is 14.2 Å². The lowest BCUT2D eigenvalue weighted by atomic mass is 9.85. The Morgan fingerprint density at radius 3 is 2.64 bits per heavy atom. The van der Waals surface area contributed by atoms with Gasteiger partial charge in [-0.1, -0.05) is 12.1 Å². The van der Waals surface area contributed by atoms with Crippen molar-refractivity contribution in [2.75, 3.05) is 7.11 Å². The lowest BCUT2D eigenvalue weighted by molar-refractivity contribution is -0.141. The smallest absolute Gasteiger partial charge is 0.236 e. The van der Waals surface area contributed by atoms with Gasteiger partial charge in [0, 0.05) is 17.1 Å². The van der Waals surface area contributed by atoms with Gasteiger partial charge >= 0.3 is 0 Å². The van der Waals surface area contributed by atoms with Crippen molar-refractivity contribution in [1.29, 1.82) is 0 Å². The maximum atomic E-state index is 13.6. The van der Waals surface area contributed by atoms with Crippen molar-refractivity contribution in [2.45, 2.75) is 61.3 Å². The molecule has 3 heterocycles. The maximum Gasteiger partial charge on any atom is 0.236 e. The number of aromatic nitrogens is 2. The van der Waals surface area contributed by atoms with Gasteiger partial charge in [0.15, 0.2) is 0 Å². The third-order valence-electron chi connectivity index (χ3n) is 6.71. The molecular formula is C26H28FN3O2S. The van der Waals surface area contributed by atoms with Crippen LogP contribution in [-0.2, 0) is 4.79 Å². The molecule has 0 spiro atoms. The highest BCUT2D eigenvalue weighted by Gasteiger charge is 2.42.